The summed E-state index contributed by atoms with van der Waals surface area (Å²) in [4.78, 5) is 16.1. The van der Waals surface area contributed by atoms with Crippen LogP contribution >= 0.6 is 0 Å². The maximum atomic E-state index is 5.63. The molecule has 0 amide bonds. The van der Waals surface area contributed by atoms with Gasteiger partial charge < -0.3 is 20.5 Å². The highest BCUT2D eigenvalue weighted by Gasteiger charge is 2.05. The molecule has 0 spiro atoms. The number of nitrogens with zero attached hydrogens (tertiary/aromatic N) is 4. The minimum absolute atomic E-state index is 0.117. The molecule has 0 unspecified atom stereocenters. The predicted octanol–water partition coefficient (Wildman–Crippen LogP) is 1.26. The van der Waals surface area contributed by atoms with Crippen LogP contribution in [0.25, 0.3) is 0 Å². The van der Waals surface area contributed by atoms with E-state index in [1.54, 1.807) is 13.3 Å². The number of hydrogen-bond acceptors (Lipinski definition) is 8. The predicted molar refractivity (Wildman–Crippen MR) is 78.1 cm³/mol. The largest absolute Gasteiger partial charge is 0.481 e. The Bertz CT molecular complexity index is 593. The minimum Gasteiger partial charge on any atom is -0.481 e. The van der Waals surface area contributed by atoms with Crippen molar-refractivity contribution >= 4 is 11.9 Å². The van der Waals surface area contributed by atoms with Crippen LogP contribution in [0.15, 0.2) is 18.3 Å². The third kappa shape index (κ3) is 4.44. The van der Waals surface area contributed by atoms with Gasteiger partial charge in [0.15, 0.2) is 0 Å². The summed E-state index contributed by atoms with van der Waals surface area (Å²) in [5.41, 5.74) is 6.62. The van der Waals surface area contributed by atoms with Gasteiger partial charge in [-0.05, 0) is 18.1 Å². The highest BCUT2D eigenvalue weighted by atomic mass is 16.5. The van der Waals surface area contributed by atoms with Gasteiger partial charge in [-0.1, -0.05) is 6.92 Å². The fraction of sp³-hybridized carbons (Fsp3) is 0.385. The lowest BCUT2D eigenvalue weighted by Crippen LogP contribution is -2.09. The fourth-order valence-corrected chi connectivity index (χ4v) is 1.56. The van der Waals surface area contributed by atoms with E-state index in [0.717, 1.165) is 12.0 Å². The number of nitrogens with one attached hydrogen (secondary N) is 1. The zero-order valence-corrected chi connectivity index (χ0v) is 12.0. The molecule has 0 saturated heterocycles. The third-order valence-corrected chi connectivity index (χ3v) is 2.53. The second kappa shape index (κ2) is 7.22. The Morgan fingerprint density at radius 3 is 2.90 bits per heavy atom. The second-order valence-electron chi connectivity index (χ2n) is 4.21. The third-order valence-electron chi connectivity index (χ3n) is 2.53. The summed E-state index contributed by atoms with van der Waals surface area (Å²) in [6, 6.07) is 3.92. The molecule has 0 aliphatic rings. The number of rotatable bonds is 7. The molecule has 2 aromatic rings. The molecule has 0 bridgehead atoms. The molecule has 2 heterocycles. The molecule has 0 aliphatic heterocycles. The summed E-state index contributed by atoms with van der Waals surface area (Å²) >= 11 is 0. The number of hydrogen-bond donors (Lipinski definition) is 2. The van der Waals surface area contributed by atoms with Crippen LogP contribution in [0.5, 0.6) is 11.9 Å². The van der Waals surface area contributed by atoms with Crippen LogP contribution in [-0.4, -0.2) is 33.7 Å². The van der Waals surface area contributed by atoms with Crippen molar-refractivity contribution in [1.29, 1.82) is 0 Å². The van der Waals surface area contributed by atoms with Crippen molar-refractivity contribution < 1.29 is 9.47 Å². The van der Waals surface area contributed by atoms with E-state index in [9.17, 15) is 0 Å². The van der Waals surface area contributed by atoms with Gasteiger partial charge in [-0.15, -0.1) is 0 Å². The highest BCUT2D eigenvalue weighted by molar-refractivity contribution is 5.34. The number of pyridine rings is 1. The Hall–Kier alpha value is -2.64. The topological polar surface area (TPSA) is 108 Å². The van der Waals surface area contributed by atoms with Gasteiger partial charge in [-0.3, -0.25) is 0 Å². The smallest absolute Gasteiger partial charge is 0.323 e. The summed E-state index contributed by atoms with van der Waals surface area (Å²) in [7, 11) is 1.57. The average Bonchev–Trinajstić information content (AvgIpc) is 2.50. The molecule has 0 radical (unpaired) electrons. The Morgan fingerprint density at radius 1 is 1.29 bits per heavy atom. The fourth-order valence-electron chi connectivity index (χ4n) is 1.56. The lowest BCUT2D eigenvalue weighted by Gasteiger charge is -2.08. The Balaban J connectivity index is 2.03. The van der Waals surface area contributed by atoms with Crippen molar-refractivity contribution in [3.63, 3.8) is 0 Å². The molecule has 2 aromatic heterocycles. The normalized spacial score (nSPS) is 10.2. The van der Waals surface area contributed by atoms with E-state index in [4.69, 9.17) is 15.2 Å². The van der Waals surface area contributed by atoms with Crippen molar-refractivity contribution in [2.75, 3.05) is 24.8 Å². The van der Waals surface area contributed by atoms with E-state index in [-0.39, 0.29) is 12.0 Å². The molecule has 0 aromatic carbocycles. The molecule has 3 N–H and O–H groups in total. The van der Waals surface area contributed by atoms with E-state index in [1.807, 2.05) is 19.1 Å². The van der Waals surface area contributed by atoms with Crippen molar-refractivity contribution in [1.82, 2.24) is 19.9 Å². The SMILES string of the molecule is CCCOc1nc(N)nc(NCc2ccnc(OC)c2)n1. The first kappa shape index (κ1) is 14.8. The first-order chi connectivity index (χ1) is 10.2. The number of aromatic nitrogens is 4. The number of ether oxygens (including phenoxy) is 2. The molecular formula is C13H18N6O2. The Labute approximate surface area is 122 Å². The van der Waals surface area contributed by atoms with Gasteiger partial charge >= 0.3 is 6.01 Å². The summed E-state index contributed by atoms with van der Waals surface area (Å²) in [5.74, 6) is 1.03. The van der Waals surface area contributed by atoms with E-state index in [2.05, 4.69) is 25.3 Å². The maximum Gasteiger partial charge on any atom is 0.323 e. The van der Waals surface area contributed by atoms with Gasteiger partial charge in [-0.25, -0.2) is 4.98 Å². The molecule has 0 fully saturated rings. The molecule has 112 valence electrons. The van der Waals surface area contributed by atoms with Crippen molar-refractivity contribution in [3.8, 4) is 11.9 Å². The molecule has 0 aliphatic carbocycles. The minimum atomic E-state index is 0.117. The maximum absolute atomic E-state index is 5.63. The van der Waals surface area contributed by atoms with Crippen LogP contribution < -0.4 is 20.5 Å². The van der Waals surface area contributed by atoms with Crippen LogP contribution in [-0.2, 0) is 6.54 Å². The number of nitrogens with two attached hydrogens (primary N) is 1. The highest BCUT2D eigenvalue weighted by Crippen LogP contribution is 2.12. The van der Waals surface area contributed by atoms with E-state index < -0.39 is 0 Å². The van der Waals surface area contributed by atoms with Gasteiger partial charge in [0.1, 0.15) is 0 Å². The zero-order valence-electron chi connectivity index (χ0n) is 12.0. The van der Waals surface area contributed by atoms with Crippen LogP contribution in [0.2, 0.25) is 0 Å². The summed E-state index contributed by atoms with van der Waals surface area (Å²) < 4.78 is 10.4. The van der Waals surface area contributed by atoms with Gasteiger partial charge in [0.25, 0.3) is 0 Å². The Morgan fingerprint density at radius 2 is 2.14 bits per heavy atom. The van der Waals surface area contributed by atoms with Crippen LogP contribution in [0.4, 0.5) is 11.9 Å². The second-order valence-corrected chi connectivity index (χ2v) is 4.21. The monoisotopic (exact) mass is 290 g/mol. The molecule has 0 atom stereocenters. The molecule has 21 heavy (non-hydrogen) atoms. The van der Waals surface area contributed by atoms with Crippen LogP contribution in [0, 0.1) is 0 Å². The summed E-state index contributed by atoms with van der Waals surface area (Å²) in [5, 5.41) is 3.06. The van der Waals surface area contributed by atoms with Gasteiger partial charge in [0.2, 0.25) is 17.8 Å². The van der Waals surface area contributed by atoms with E-state index in [0.29, 0.717) is 25.0 Å². The van der Waals surface area contributed by atoms with Crippen LogP contribution in [0.3, 0.4) is 0 Å². The quantitative estimate of drug-likeness (QED) is 0.784. The molecular weight excluding hydrogens is 272 g/mol. The Kier molecular flexibility index (Phi) is 5.08. The molecule has 8 heteroatoms. The lowest BCUT2D eigenvalue weighted by molar-refractivity contribution is 0.292. The van der Waals surface area contributed by atoms with Crippen molar-refractivity contribution in [3.05, 3.63) is 23.9 Å². The molecule has 8 nitrogen and oxygen atoms in total. The number of anilines is 2. The zero-order chi connectivity index (χ0) is 15.1. The first-order valence-corrected chi connectivity index (χ1v) is 6.58. The van der Waals surface area contributed by atoms with Crippen molar-refractivity contribution in [2.45, 2.75) is 19.9 Å². The summed E-state index contributed by atoms with van der Waals surface area (Å²) in [6.07, 6.45) is 2.54. The molecule has 2 rings (SSSR count). The standard InChI is InChI=1S/C13H18N6O2/c1-3-6-21-13-18-11(14)17-12(19-13)16-8-9-4-5-15-10(7-9)20-2/h4-5,7H,3,6,8H2,1-2H3,(H3,14,16,17,18,19). The summed E-state index contributed by atoms with van der Waals surface area (Å²) in [6.45, 7) is 3.04. The van der Waals surface area contributed by atoms with Gasteiger partial charge in [0, 0.05) is 18.8 Å². The average molecular weight is 290 g/mol. The van der Waals surface area contributed by atoms with E-state index >= 15 is 0 Å². The van der Waals surface area contributed by atoms with Crippen molar-refractivity contribution in [2.24, 2.45) is 0 Å². The van der Waals surface area contributed by atoms with E-state index in [1.165, 1.54) is 0 Å². The van der Waals surface area contributed by atoms with Gasteiger partial charge in [-0.2, -0.15) is 15.0 Å². The van der Waals surface area contributed by atoms with Crippen LogP contribution in [0.1, 0.15) is 18.9 Å². The number of nitrogen functional groups attached to an aromatic ring is 1. The number of methoxy groups -OCH3 is 1. The van der Waals surface area contributed by atoms with Gasteiger partial charge in [0.05, 0.1) is 13.7 Å². The molecule has 0 saturated carbocycles. The lowest BCUT2D eigenvalue weighted by atomic mass is 10.2. The first-order valence-electron chi connectivity index (χ1n) is 6.58.